The molecule has 0 aliphatic rings. The molecule has 3 nitrogen and oxygen atoms in total. The predicted octanol–water partition coefficient (Wildman–Crippen LogP) is 3.61. The number of hydrogen-bond donors (Lipinski definition) is 0. The first-order chi connectivity index (χ1) is 8.58. The lowest BCUT2D eigenvalue weighted by molar-refractivity contribution is -0.135. The second-order valence-electron chi connectivity index (χ2n) is 3.61. The van der Waals surface area contributed by atoms with Crippen molar-refractivity contribution < 1.29 is 21.6 Å². The van der Waals surface area contributed by atoms with E-state index in [0.29, 0.717) is 13.0 Å². The van der Waals surface area contributed by atoms with Gasteiger partial charge in [0, 0.05) is 17.3 Å². The van der Waals surface area contributed by atoms with Crippen LogP contribution in [0.2, 0.25) is 0 Å². The Balaban J connectivity index is 3.16. The first-order valence-corrected chi connectivity index (χ1v) is 8.55. The Labute approximate surface area is 126 Å². The van der Waals surface area contributed by atoms with Crippen molar-refractivity contribution in [1.29, 1.82) is 0 Å². The van der Waals surface area contributed by atoms with Crippen molar-refractivity contribution in [3.63, 3.8) is 0 Å². The van der Waals surface area contributed by atoms with Crippen LogP contribution in [0.3, 0.4) is 0 Å². The SMILES string of the molecule is Cc1sc(Br)cc1S(=O)(=O)N(CCCl)CC(F)(F)F. The zero-order chi connectivity index (χ0) is 14.8. The predicted molar refractivity (Wildman–Crippen MR) is 72.3 cm³/mol. The second-order valence-corrected chi connectivity index (χ2v) is 8.53. The Hall–Kier alpha value is 0.170. The van der Waals surface area contributed by atoms with Gasteiger partial charge in [0.2, 0.25) is 10.0 Å². The third kappa shape index (κ3) is 4.59. The molecule has 19 heavy (non-hydrogen) atoms. The van der Waals surface area contributed by atoms with Crippen LogP contribution in [0.25, 0.3) is 0 Å². The molecule has 0 fully saturated rings. The van der Waals surface area contributed by atoms with Gasteiger partial charge in [-0.15, -0.1) is 22.9 Å². The van der Waals surface area contributed by atoms with E-state index in [-0.39, 0.29) is 10.8 Å². The Kier molecular flexibility index (Phi) is 5.71. The lowest BCUT2D eigenvalue weighted by atomic mass is 10.5. The molecule has 0 spiro atoms. The molecular formula is C9H10BrClF3NO2S2. The van der Waals surface area contributed by atoms with Gasteiger partial charge in [-0.05, 0) is 28.9 Å². The average Bonchev–Trinajstić information content (AvgIpc) is 2.56. The summed E-state index contributed by atoms with van der Waals surface area (Å²) in [6.45, 7) is -0.403. The Morgan fingerprint density at radius 2 is 2.05 bits per heavy atom. The smallest absolute Gasteiger partial charge is 0.207 e. The van der Waals surface area contributed by atoms with Gasteiger partial charge in [0.1, 0.15) is 6.54 Å². The van der Waals surface area contributed by atoms with Gasteiger partial charge in [-0.2, -0.15) is 17.5 Å². The Morgan fingerprint density at radius 3 is 2.42 bits per heavy atom. The molecule has 1 aromatic heterocycles. The molecule has 10 heteroatoms. The van der Waals surface area contributed by atoms with Crippen molar-refractivity contribution in [3.8, 4) is 0 Å². The van der Waals surface area contributed by atoms with Crippen LogP contribution in [-0.2, 0) is 10.0 Å². The van der Waals surface area contributed by atoms with Crippen molar-refractivity contribution in [2.75, 3.05) is 19.0 Å². The number of halogens is 5. The summed E-state index contributed by atoms with van der Waals surface area (Å²) in [5.41, 5.74) is 0. The minimum absolute atomic E-state index is 0.126. The fourth-order valence-electron chi connectivity index (χ4n) is 1.40. The van der Waals surface area contributed by atoms with Crippen LogP contribution < -0.4 is 0 Å². The summed E-state index contributed by atoms with van der Waals surface area (Å²) in [7, 11) is -4.20. The molecule has 0 bridgehead atoms. The molecule has 110 valence electrons. The standard InChI is InChI=1S/C9H10BrClF3NO2S2/c1-6-7(4-8(10)18-6)19(16,17)15(3-2-11)5-9(12,13)14/h4H,2-3,5H2,1H3. The first kappa shape index (κ1) is 17.2. The minimum Gasteiger partial charge on any atom is -0.207 e. The first-order valence-electron chi connectivity index (χ1n) is 4.96. The second kappa shape index (κ2) is 6.30. The molecule has 0 saturated carbocycles. The minimum atomic E-state index is -4.61. The molecule has 0 amide bonds. The van der Waals surface area contributed by atoms with Crippen molar-refractivity contribution in [2.24, 2.45) is 0 Å². The van der Waals surface area contributed by atoms with E-state index >= 15 is 0 Å². The highest BCUT2D eigenvalue weighted by Gasteiger charge is 2.37. The lowest BCUT2D eigenvalue weighted by Gasteiger charge is -2.22. The molecule has 1 rings (SSSR count). The topological polar surface area (TPSA) is 37.4 Å². The Bertz CT molecular complexity index is 544. The van der Waals surface area contributed by atoms with Crippen molar-refractivity contribution in [1.82, 2.24) is 4.31 Å². The quantitative estimate of drug-likeness (QED) is 0.708. The van der Waals surface area contributed by atoms with E-state index in [4.69, 9.17) is 11.6 Å². The highest BCUT2D eigenvalue weighted by Crippen LogP contribution is 2.32. The third-order valence-corrected chi connectivity index (χ3v) is 5.97. The fraction of sp³-hybridized carbons (Fsp3) is 0.556. The van der Waals surface area contributed by atoms with E-state index in [1.807, 2.05) is 0 Å². The number of thiophene rings is 1. The molecule has 0 N–H and O–H groups in total. The molecule has 1 heterocycles. The van der Waals surface area contributed by atoms with Crippen LogP contribution in [0.1, 0.15) is 4.88 Å². The largest absolute Gasteiger partial charge is 0.402 e. The molecule has 0 saturated heterocycles. The van der Waals surface area contributed by atoms with Gasteiger partial charge < -0.3 is 0 Å². The number of hydrogen-bond acceptors (Lipinski definition) is 3. The van der Waals surface area contributed by atoms with Crippen molar-refractivity contribution in [2.45, 2.75) is 18.0 Å². The van der Waals surface area contributed by atoms with Crippen LogP contribution >= 0.6 is 38.9 Å². The fourth-order valence-corrected chi connectivity index (χ4v) is 5.52. The molecular weight excluding hydrogens is 391 g/mol. The van der Waals surface area contributed by atoms with E-state index in [1.165, 1.54) is 13.0 Å². The number of nitrogens with zero attached hydrogens (tertiary/aromatic N) is 1. The van der Waals surface area contributed by atoms with E-state index in [1.54, 1.807) is 0 Å². The van der Waals surface area contributed by atoms with Gasteiger partial charge >= 0.3 is 6.18 Å². The molecule has 0 unspecified atom stereocenters. The van der Waals surface area contributed by atoms with Gasteiger partial charge in [0.25, 0.3) is 0 Å². The van der Waals surface area contributed by atoms with Gasteiger partial charge in [-0.25, -0.2) is 8.42 Å². The summed E-state index contributed by atoms with van der Waals surface area (Å²) >= 11 is 9.64. The molecule has 0 aliphatic carbocycles. The number of sulfonamides is 1. The summed E-state index contributed by atoms with van der Waals surface area (Å²) in [5.74, 6) is -0.209. The summed E-state index contributed by atoms with van der Waals surface area (Å²) in [6, 6.07) is 1.30. The normalized spacial score (nSPS) is 13.2. The van der Waals surface area contributed by atoms with E-state index in [9.17, 15) is 21.6 Å². The van der Waals surface area contributed by atoms with Gasteiger partial charge in [0.05, 0.1) is 8.68 Å². The monoisotopic (exact) mass is 399 g/mol. The van der Waals surface area contributed by atoms with Crippen molar-refractivity contribution >= 4 is 48.9 Å². The highest BCUT2D eigenvalue weighted by atomic mass is 79.9. The van der Waals surface area contributed by atoms with Gasteiger partial charge in [-0.1, -0.05) is 0 Å². The maximum atomic E-state index is 12.4. The molecule has 0 aromatic carbocycles. The number of alkyl halides is 4. The zero-order valence-electron chi connectivity index (χ0n) is 9.67. The highest BCUT2D eigenvalue weighted by molar-refractivity contribution is 9.11. The van der Waals surface area contributed by atoms with Crippen LogP contribution in [0.5, 0.6) is 0 Å². The van der Waals surface area contributed by atoms with Crippen LogP contribution in [0.15, 0.2) is 14.7 Å². The molecule has 0 aliphatic heterocycles. The molecule has 0 radical (unpaired) electrons. The van der Waals surface area contributed by atoms with Crippen LogP contribution in [0, 0.1) is 6.92 Å². The zero-order valence-corrected chi connectivity index (χ0v) is 13.6. The van der Waals surface area contributed by atoms with E-state index in [0.717, 1.165) is 11.3 Å². The summed E-state index contributed by atoms with van der Waals surface area (Å²) < 4.78 is 62.5. The maximum absolute atomic E-state index is 12.4. The van der Waals surface area contributed by atoms with Crippen LogP contribution in [0.4, 0.5) is 13.2 Å². The summed E-state index contributed by atoms with van der Waals surface area (Å²) in [4.78, 5) is 0.298. The van der Waals surface area contributed by atoms with Gasteiger partial charge in [-0.3, -0.25) is 0 Å². The van der Waals surface area contributed by atoms with E-state index in [2.05, 4.69) is 15.9 Å². The van der Waals surface area contributed by atoms with E-state index < -0.39 is 29.3 Å². The Morgan fingerprint density at radius 1 is 1.47 bits per heavy atom. The average molecular weight is 401 g/mol. The van der Waals surface area contributed by atoms with Crippen LogP contribution in [-0.4, -0.2) is 37.9 Å². The number of aryl methyl sites for hydroxylation is 1. The molecule has 1 aromatic rings. The third-order valence-electron chi connectivity index (χ3n) is 2.15. The number of rotatable bonds is 5. The summed E-state index contributed by atoms with van der Waals surface area (Å²) in [5, 5.41) is 0. The van der Waals surface area contributed by atoms with Gasteiger partial charge in [0.15, 0.2) is 0 Å². The molecule has 0 atom stereocenters. The lowest BCUT2D eigenvalue weighted by Crippen LogP contribution is -2.40. The van der Waals surface area contributed by atoms with Crippen molar-refractivity contribution in [3.05, 3.63) is 14.7 Å². The maximum Gasteiger partial charge on any atom is 0.402 e. The summed E-state index contributed by atoms with van der Waals surface area (Å²) in [6.07, 6.45) is -4.61.